The van der Waals surface area contributed by atoms with Crippen molar-refractivity contribution in [1.29, 1.82) is 0 Å². The van der Waals surface area contributed by atoms with E-state index < -0.39 is 12.1 Å². The molecule has 8 nitrogen and oxygen atoms in total. The molecule has 8 heteroatoms. The van der Waals surface area contributed by atoms with Gasteiger partial charge in [0, 0.05) is 45.0 Å². The van der Waals surface area contributed by atoms with Crippen LogP contribution < -0.4 is 4.90 Å². The molecule has 2 saturated heterocycles. The third-order valence-corrected chi connectivity index (χ3v) is 8.25. The number of aromatic nitrogens is 1. The van der Waals surface area contributed by atoms with Gasteiger partial charge in [0.15, 0.2) is 0 Å². The van der Waals surface area contributed by atoms with Crippen molar-refractivity contribution in [3.63, 3.8) is 0 Å². The van der Waals surface area contributed by atoms with Crippen molar-refractivity contribution in [3.05, 3.63) is 78.5 Å². The van der Waals surface area contributed by atoms with Crippen molar-refractivity contribution >= 4 is 29.7 Å². The number of hydrogen-bond acceptors (Lipinski definition) is 7. The number of amides is 2. The van der Waals surface area contributed by atoms with Gasteiger partial charge in [0.25, 0.3) is 0 Å². The van der Waals surface area contributed by atoms with Crippen LogP contribution in [0.4, 0.5) is 5.82 Å². The molecule has 1 aromatic carbocycles. The number of benzene rings is 1. The van der Waals surface area contributed by atoms with E-state index in [1.165, 1.54) is 11.0 Å². The predicted molar refractivity (Wildman–Crippen MR) is 143 cm³/mol. The summed E-state index contributed by atoms with van der Waals surface area (Å²) in [6, 6.07) is 15.4. The molecule has 2 aliphatic heterocycles. The largest absolute Gasteiger partial charge is 0.456 e. The highest BCUT2D eigenvalue weighted by Gasteiger charge is 2.59. The lowest BCUT2D eigenvalue weighted by Gasteiger charge is -2.37. The third kappa shape index (κ3) is 4.88. The van der Waals surface area contributed by atoms with Gasteiger partial charge in [0.1, 0.15) is 11.9 Å². The van der Waals surface area contributed by atoms with Crippen LogP contribution in [0, 0.1) is 23.7 Å². The zero-order chi connectivity index (χ0) is 26.1. The van der Waals surface area contributed by atoms with Gasteiger partial charge in [0.2, 0.25) is 11.8 Å². The molecular formula is C30H32N4O4. The number of rotatable bonds is 8. The average Bonchev–Trinajstić information content (AvgIpc) is 3.64. The monoisotopic (exact) mass is 512 g/mol. The molecule has 3 fully saturated rings. The Morgan fingerprint density at radius 3 is 2.26 bits per heavy atom. The molecule has 4 aliphatic rings. The van der Waals surface area contributed by atoms with Gasteiger partial charge < -0.3 is 9.64 Å². The van der Waals surface area contributed by atoms with Crippen molar-refractivity contribution in [2.75, 3.05) is 44.2 Å². The summed E-state index contributed by atoms with van der Waals surface area (Å²) in [6.45, 7) is 3.68. The van der Waals surface area contributed by atoms with E-state index >= 15 is 0 Å². The summed E-state index contributed by atoms with van der Waals surface area (Å²) in [6.07, 6.45) is 9.38. The smallest absolute Gasteiger partial charge is 0.331 e. The molecule has 5 atom stereocenters. The highest BCUT2D eigenvalue weighted by Crippen LogP contribution is 2.52. The van der Waals surface area contributed by atoms with Crippen LogP contribution in [-0.2, 0) is 19.1 Å². The van der Waals surface area contributed by atoms with Crippen LogP contribution in [-0.4, -0.2) is 77.9 Å². The van der Waals surface area contributed by atoms with Gasteiger partial charge in [0.05, 0.1) is 18.4 Å². The van der Waals surface area contributed by atoms with E-state index in [0.29, 0.717) is 6.54 Å². The minimum Gasteiger partial charge on any atom is -0.456 e. The number of piperazine rings is 1. The summed E-state index contributed by atoms with van der Waals surface area (Å²) in [5, 5.41) is 0. The van der Waals surface area contributed by atoms with Crippen LogP contribution >= 0.6 is 0 Å². The molecule has 3 heterocycles. The molecule has 6 rings (SSSR count). The highest BCUT2D eigenvalue weighted by molar-refractivity contribution is 6.06. The number of carbonyl (C=O) groups excluding carboxylic acids is 3. The van der Waals surface area contributed by atoms with Gasteiger partial charge in [-0.25, -0.2) is 9.78 Å². The maximum Gasteiger partial charge on any atom is 0.331 e. The van der Waals surface area contributed by atoms with Crippen LogP contribution in [0.2, 0.25) is 0 Å². The van der Waals surface area contributed by atoms with E-state index in [2.05, 4.69) is 26.9 Å². The molecule has 1 saturated carbocycles. The molecule has 196 valence electrons. The number of ether oxygens (including phenoxy) is 1. The van der Waals surface area contributed by atoms with Gasteiger partial charge in [-0.3, -0.25) is 19.4 Å². The number of pyridine rings is 1. The second-order valence-corrected chi connectivity index (χ2v) is 10.6. The van der Waals surface area contributed by atoms with E-state index in [-0.39, 0.29) is 42.0 Å². The summed E-state index contributed by atoms with van der Waals surface area (Å²) in [5.41, 5.74) is 0.896. The molecular weight excluding hydrogens is 480 g/mol. The number of anilines is 1. The van der Waals surface area contributed by atoms with Gasteiger partial charge >= 0.3 is 5.97 Å². The van der Waals surface area contributed by atoms with E-state index in [9.17, 15) is 14.4 Å². The van der Waals surface area contributed by atoms with Gasteiger partial charge in [-0.15, -0.1) is 0 Å². The number of allylic oxidation sites excluding steroid dienone is 2. The number of fused-ring (bicyclic) bond motifs is 5. The molecule has 2 aliphatic carbocycles. The average molecular weight is 513 g/mol. The molecule has 0 N–H and O–H groups in total. The Balaban J connectivity index is 1.13. The Labute approximate surface area is 222 Å². The first kappa shape index (κ1) is 24.6. The number of carbonyl (C=O) groups is 3. The Morgan fingerprint density at radius 1 is 0.921 bits per heavy atom. The fourth-order valence-corrected chi connectivity index (χ4v) is 6.40. The Kier molecular flexibility index (Phi) is 6.81. The van der Waals surface area contributed by atoms with Crippen molar-refractivity contribution < 1.29 is 19.1 Å². The van der Waals surface area contributed by atoms with Crippen molar-refractivity contribution in [2.45, 2.75) is 12.5 Å². The first-order chi connectivity index (χ1) is 18.6. The molecule has 0 spiro atoms. The normalized spacial score (nSPS) is 27.4. The van der Waals surface area contributed by atoms with Gasteiger partial charge in [-0.2, -0.15) is 0 Å². The molecule has 0 radical (unpaired) electrons. The van der Waals surface area contributed by atoms with Crippen LogP contribution in [0.15, 0.2) is 73.0 Å². The summed E-state index contributed by atoms with van der Waals surface area (Å²) < 4.78 is 5.88. The number of hydrogen-bond donors (Lipinski definition) is 0. The quantitative estimate of drug-likeness (QED) is 0.233. The zero-order valence-corrected chi connectivity index (χ0v) is 21.3. The first-order valence-electron chi connectivity index (χ1n) is 13.4. The standard InChI is InChI=1S/C30H32N4O4/c35-26(12-9-21-6-2-1-3-7-21)38-24(19-32-14-16-33(17-15-32)25-8-4-5-13-31-25)20-34-29(36)27-22-10-11-23(18-22)28(27)30(34)37/h1-13,22-24,27-28H,14-20H2/t22-,23?,24?,27-,28?/m0/s1. The van der Waals surface area contributed by atoms with Crippen LogP contribution in [0.25, 0.3) is 6.08 Å². The Morgan fingerprint density at radius 2 is 1.61 bits per heavy atom. The Hall–Kier alpha value is -3.78. The second kappa shape index (κ2) is 10.5. The minimum absolute atomic E-state index is 0.0927. The lowest BCUT2D eigenvalue weighted by Crippen LogP contribution is -2.51. The molecule has 1 aromatic heterocycles. The maximum atomic E-state index is 13.3. The molecule has 3 unspecified atom stereocenters. The van der Waals surface area contributed by atoms with E-state index in [4.69, 9.17) is 4.74 Å². The third-order valence-electron chi connectivity index (χ3n) is 8.25. The maximum absolute atomic E-state index is 13.3. The number of esters is 1. The van der Waals surface area contributed by atoms with Crippen LogP contribution in [0.5, 0.6) is 0 Å². The SMILES string of the molecule is O=C(C=Cc1ccccc1)OC(CN1CCN(c2ccccn2)CC1)CN1C(=O)C2C3C=C[C@@H](C3)[C@@H]2C1=O. The van der Waals surface area contributed by atoms with Crippen LogP contribution in [0.1, 0.15) is 12.0 Å². The predicted octanol–water partition coefficient (Wildman–Crippen LogP) is 2.64. The van der Waals surface area contributed by atoms with Crippen molar-refractivity contribution in [1.82, 2.24) is 14.8 Å². The van der Waals surface area contributed by atoms with Gasteiger partial charge in [-0.05, 0) is 42.0 Å². The molecule has 2 bridgehead atoms. The molecule has 2 aromatic rings. The number of imide groups is 1. The fraction of sp³-hybridized carbons (Fsp3) is 0.400. The van der Waals surface area contributed by atoms with Crippen molar-refractivity contribution in [2.24, 2.45) is 23.7 Å². The van der Waals surface area contributed by atoms with E-state index in [1.54, 1.807) is 12.3 Å². The summed E-state index contributed by atoms with van der Waals surface area (Å²) >= 11 is 0. The number of nitrogens with zero attached hydrogens (tertiary/aromatic N) is 4. The number of likely N-dealkylation sites (tertiary alicyclic amines) is 1. The second-order valence-electron chi connectivity index (χ2n) is 10.6. The van der Waals surface area contributed by atoms with Crippen molar-refractivity contribution in [3.8, 4) is 0 Å². The lowest BCUT2D eigenvalue weighted by molar-refractivity contribution is -0.151. The first-order valence-corrected chi connectivity index (χ1v) is 13.4. The van der Waals surface area contributed by atoms with E-state index in [0.717, 1.165) is 44.0 Å². The highest BCUT2D eigenvalue weighted by atomic mass is 16.5. The van der Waals surface area contributed by atoms with Crippen LogP contribution in [0.3, 0.4) is 0 Å². The molecule has 2 amide bonds. The van der Waals surface area contributed by atoms with Gasteiger partial charge in [-0.1, -0.05) is 48.6 Å². The summed E-state index contributed by atoms with van der Waals surface area (Å²) in [7, 11) is 0. The molecule has 38 heavy (non-hydrogen) atoms. The zero-order valence-electron chi connectivity index (χ0n) is 21.3. The van der Waals surface area contributed by atoms with E-state index in [1.807, 2.05) is 48.5 Å². The minimum atomic E-state index is -0.610. The summed E-state index contributed by atoms with van der Waals surface area (Å²) in [4.78, 5) is 49.7. The topological polar surface area (TPSA) is 83.1 Å². The Bertz CT molecular complexity index is 1210. The summed E-state index contributed by atoms with van der Waals surface area (Å²) in [5.74, 6) is 0.0379. The fourth-order valence-electron chi connectivity index (χ4n) is 6.40. The lowest BCUT2D eigenvalue weighted by atomic mass is 9.85.